The first-order valence-electron chi connectivity index (χ1n) is 9.78. The third-order valence-corrected chi connectivity index (χ3v) is 5.98. The maximum atomic E-state index is 10.4. The van der Waals surface area contributed by atoms with Crippen LogP contribution in [0.4, 0.5) is 0 Å². The second-order valence-corrected chi connectivity index (χ2v) is 7.99. The molecule has 2 heterocycles. The quantitative estimate of drug-likeness (QED) is 0.357. The average molecular weight is 465 g/mol. The fourth-order valence-electron chi connectivity index (χ4n) is 4.39. The first-order chi connectivity index (χ1) is 13.7. The Labute approximate surface area is 193 Å². The molecule has 2 N–H and O–H groups in total. The van der Waals surface area contributed by atoms with Gasteiger partial charge in [-0.15, -0.1) is 24.8 Å². The van der Waals surface area contributed by atoms with E-state index in [9.17, 15) is 5.11 Å². The highest BCUT2D eigenvalue weighted by molar-refractivity contribution is 6.30. The van der Waals surface area contributed by atoms with Crippen LogP contribution in [0, 0.1) is 0 Å². The van der Waals surface area contributed by atoms with E-state index in [4.69, 9.17) is 16.6 Å². The Kier molecular flexibility index (Phi) is 7.14. The minimum atomic E-state index is 0. The molecule has 3 aromatic carbocycles. The Bertz CT molecular complexity index is 1160. The van der Waals surface area contributed by atoms with E-state index in [1.807, 2.05) is 12.1 Å². The van der Waals surface area contributed by atoms with E-state index >= 15 is 0 Å². The highest BCUT2D eigenvalue weighted by Crippen LogP contribution is 2.37. The van der Waals surface area contributed by atoms with Gasteiger partial charge in [-0.3, -0.25) is 4.90 Å². The zero-order valence-electron chi connectivity index (χ0n) is 16.3. The van der Waals surface area contributed by atoms with Crippen LogP contribution in [0.25, 0.3) is 21.8 Å². The number of halogens is 3. The summed E-state index contributed by atoms with van der Waals surface area (Å²) in [5.74, 6) is 1.24. The van der Waals surface area contributed by atoms with E-state index in [-0.39, 0.29) is 36.6 Å². The fourth-order valence-corrected chi connectivity index (χ4v) is 4.56. The van der Waals surface area contributed by atoms with Gasteiger partial charge in [0.25, 0.3) is 0 Å². The van der Waals surface area contributed by atoms with E-state index in [1.165, 1.54) is 10.8 Å². The molecule has 0 spiro atoms. The van der Waals surface area contributed by atoms with Crippen molar-refractivity contribution in [2.24, 2.45) is 0 Å². The molecule has 0 amide bonds. The number of nitrogens with one attached hydrogen (secondary N) is 1. The lowest BCUT2D eigenvalue weighted by Gasteiger charge is -2.35. The molecule has 0 bridgehead atoms. The number of H-pyrrole nitrogens is 1. The number of imidazole rings is 1. The summed E-state index contributed by atoms with van der Waals surface area (Å²) in [7, 11) is 0. The van der Waals surface area contributed by atoms with Gasteiger partial charge in [-0.1, -0.05) is 54.4 Å². The van der Waals surface area contributed by atoms with Crippen molar-refractivity contribution in [3.05, 3.63) is 71.0 Å². The number of benzene rings is 3. The molecule has 1 unspecified atom stereocenters. The minimum absolute atomic E-state index is 0. The largest absolute Gasteiger partial charge is 0.508 e. The number of fused-ring (bicyclic) bond motifs is 3. The molecule has 0 radical (unpaired) electrons. The van der Waals surface area contributed by atoms with E-state index in [1.54, 1.807) is 6.07 Å². The molecule has 1 saturated heterocycles. The van der Waals surface area contributed by atoms with Crippen molar-refractivity contribution in [1.29, 1.82) is 0 Å². The van der Waals surface area contributed by atoms with Crippen LogP contribution in [0.15, 0.2) is 54.6 Å². The number of phenolic OH excluding ortho intramolecular Hbond substituents is 1. The van der Waals surface area contributed by atoms with Crippen molar-refractivity contribution in [1.82, 2.24) is 14.9 Å². The summed E-state index contributed by atoms with van der Waals surface area (Å²) >= 11 is 6.03. The van der Waals surface area contributed by atoms with Gasteiger partial charge in [0.15, 0.2) is 0 Å². The summed E-state index contributed by atoms with van der Waals surface area (Å²) in [5, 5.41) is 13.4. The maximum Gasteiger partial charge on any atom is 0.121 e. The van der Waals surface area contributed by atoms with Gasteiger partial charge in [-0.05, 0) is 43.0 Å². The van der Waals surface area contributed by atoms with Gasteiger partial charge in [-0.2, -0.15) is 0 Å². The molecule has 1 aliphatic heterocycles. The van der Waals surface area contributed by atoms with Gasteiger partial charge in [0.05, 0.1) is 17.6 Å². The molecule has 0 aliphatic carbocycles. The normalized spacial score (nSPS) is 16.9. The Hall–Kier alpha value is -1.98. The van der Waals surface area contributed by atoms with E-state index < -0.39 is 0 Å². The van der Waals surface area contributed by atoms with Crippen molar-refractivity contribution >= 4 is 58.2 Å². The topological polar surface area (TPSA) is 52.1 Å². The maximum absolute atomic E-state index is 10.4. The smallest absolute Gasteiger partial charge is 0.121 e. The number of rotatable bonds is 3. The van der Waals surface area contributed by atoms with Gasteiger partial charge in [0, 0.05) is 22.0 Å². The summed E-state index contributed by atoms with van der Waals surface area (Å²) in [6, 6.07) is 18.2. The standard InChI is InChI=1S/C23H22ClN3O.2ClH/c24-16-9-10-18(21(28)13-16)20-7-3-4-12-27(20)14-22-25-19-11-8-15-5-1-2-6-17(15)23(19)26-22;;/h1-2,5-6,8-11,13,20,28H,3-4,7,12,14H2,(H,25,26);2*1H. The van der Waals surface area contributed by atoms with Crippen LogP contribution in [0.2, 0.25) is 5.02 Å². The third-order valence-electron chi connectivity index (χ3n) is 5.74. The van der Waals surface area contributed by atoms with Crippen molar-refractivity contribution < 1.29 is 5.11 Å². The summed E-state index contributed by atoms with van der Waals surface area (Å²) < 4.78 is 0. The van der Waals surface area contributed by atoms with Crippen LogP contribution in [0.1, 0.15) is 36.7 Å². The van der Waals surface area contributed by atoms with Crippen molar-refractivity contribution in [2.75, 3.05) is 6.54 Å². The number of piperidine rings is 1. The minimum Gasteiger partial charge on any atom is -0.508 e. The first kappa shape index (κ1) is 22.7. The molecule has 1 aliphatic rings. The summed E-state index contributed by atoms with van der Waals surface area (Å²) in [4.78, 5) is 10.8. The SMILES string of the molecule is Cl.Cl.Oc1cc(Cl)ccc1C1CCCCN1Cc1nc2c(ccc3ccccc32)[nH]1. The lowest BCUT2D eigenvalue weighted by molar-refractivity contribution is 0.135. The van der Waals surface area contributed by atoms with Crippen molar-refractivity contribution in [3.63, 3.8) is 0 Å². The van der Waals surface area contributed by atoms with Gasteiger partial charge in [-0.25, -0.2) is 4.98 Å². The zero-order valence-corrected chi connectivity index (χ0v) is 18.7. The number of nitrogens with zero attached hydrogens (tertiary/aromatic N) is 2. The molecule has 5 rings (SSSR count). The van der Waals surface area contributed by atoms with Crippen LogP contribution < -0.4 is 0 Å². The molecule has 4 aromatic rings. The summed E-state index contributed by atoms with van der Waals surface area (Å²) in [6.07, 6.45) is 3.35. The molecule has 1 fully saturated rings. The van der Waals surface area contributed by atoms with E-state index in [0.717, 1.165) is 54.8 Å². The predicted molar refractivity (Wildman–Crippen MR) is 128 cm³/mol. The second kappa shape index (κ2) is 9.44. The van der Waals surface area contributed by atoms with Gasteiger partial charge in [0.1, 0.15) is 11.6 Å². The van der Waals surface area contributed by atoms with Crippen LogP contribution in [0.5, 0.6) is 5.75 Å². The van der Waals surface area contributed by atoms with Crippen LogP contribution in [-0.4, -0.2) is 26.5 Å². The number of phenols is 1. The Morgan fingerprint density at radius 1 is 1.07 bits per heavy atom. The molecule has 1 aromatic heterocycles. The molecule has 7 heteroatoms. The molecule has 158 valence electrons. The number of likely N-dealkylation sites (tertiary alicyclic amines) is 1. The highest BCUT2D eigenvalue weighted by atomic mass is 35.5. The Morgan fingerprint density at radius 3 is 2.73 bits per heavy atom. The highest BCUT2D eigenvalue weighted by Gasteiger charge is 2.27. The van der Waals surface area contributed by atoms with Gasteiger partial charge in [0.2, 0.25) is 0 Å². The summed E-state index contributed by atoms with van der Waals surface area (Å²) in [5.41, 5.74) is 3.04. The van der Waals surface area contributed by atoms with E-state index in [0.29, 0.717) is 5.02 Å². The monoisotopic (exact) mass is 463 g/mol. The third kappa shape index (κ3) is 4.23. The van der Waals surface area contributed by atoms with Crippen molar-refractivity contribution in [2.45, 2.75) is 31.8 Å². The van der Waals surface area contributed by atoms with Crippen LogP contribution in [0.3, 0.4) is 0 Å². The lowest BCUT2D eigenvalue weighted by atomic mass is 9.94. The number of aromatic hydroxyl groups is 1. The lowest BCUT2D eigenvalue weighted by Crippen LogP contribution is -2.33. The first-order valence-corrected chi connectivity index (χ1v) is 10.2. The van der Waals surface area contributed by atoms with E-state index in [2.05, 4.69) is 46.3 Å². The molecule has 30 heavy (non-hydrogen) atoms. The molecular weight excluding hydrogens is 441 g/mol. The Balaban J connectivity index is 0.00000128. The number of aromatic amines is 1. The molecule has 1 atom stereocenters. The second-order valence-electron chi connectivity index (χ2n) is 7.55. The fraction of sp³-hybridized carbons (Fsp3) is 0.261. The summed E-state index contributed by atoms with van der Waals surface area (Å²) in [6.45, 7) is 1.72. The van der Waals surface area contributed by atoms with Gasteiger partial charge >= 0.3 is 0 Å². The number of hydrogen-bond acceptors (Lipinski definition) is 3. The predicted octanol–water partition coefficient (Wildman–Crippen LogP) is 6.65. The van der Waals surface area contributed by atoms with Gasteiger partial charge < -0.3 is 10.1 Å². The zero-order chi connectivity index (χ0) is 19.1. The molecule has 4 nitrogen and oxygen atoms in total. The number of hydrogen-bond donors (Lipinski definition) is 2. The average Bonchev–Trinajstić information content (AvgIpc) is 3.12. The number of aromatic nitrogens is 2. The molecule has 0 saturated carbocycles. The van der Waals surface area contributed by atoms with Crippen LogP contribution in [-0.2, 0) is 6.54 Å². The van der Waals surface area contributed by atoms with Crippen molar-refractivity contribution in [3.8, 4) is 5.75 Å². The van der Waals surface area contributed by atoms with Crippen LogP contribution >= 0.6 is 36.4 Å². The Morgan fingerprint density at radius 2 is 1.90 bits per heavy atom. The molecular formula is C23H24Cl3N3O.